The lowest BCUT2D eigenvalue weighted by Crippen LogP contribution is -2.44. The number of methoxy groups -OCH3 is 1. The minimum Gasteiger partial charge on any atom is -0.497 e. The highest BCUT2D eigenvalue weighted by molar-refractivity contribution is 5.94. The first-order valence-corrected chi connectivity index (χ1v) is 11.3. The molecule has 1 aromatic heterocycles. The molecule has 1 aromatic carbocycles. The summed E-state index contributed by atoms with van der Waals surface area (Å²) >= 11 is 0. The number of anilines is 1. The number of carbonyl (C=O) groups is 2. The Hall–Kier alpha value is -2.93. The lowest BCUT2D eigenvalue weighted by molar-refractivity contribution is -0.143. The molecule has 0 spiro atoms. The number of carbonyl (C=O) groups excluding carboxylic acids is 1. The van der Waals surface area contributed by atoms with E-state index in [-0.39, 0.29) is 24.4 Å². The predicted octanol–water partition coefficient (Wildman–Crippen LogP) is 3.80. The van der Waals surface area contributed by atoms with Crippen molar-refractivity contribution < 1.29 is 19.4 Å². The van der Waals surface area contributed by atoms with E-state index in [4.69, 9.17) is 4.74 Å². The zero-order chi connectivity index (χ0) is 23.1. The maximum atomic E-state index is 13.4. The molecule has 1 amide bonds. The van der Waals surface area contributed by atoms with Crippen LogP contribution in [-0.4, -0.2) is 59.7 Å². The van der Waals surface area contributed by atoms with Crippen molar-refractivity contribution in [1.82, 2.24) is 9.88 Å². The Balaban J connectivity index is 1.83. The molecule has 1 N–H and O–H groups in total. The van der Waals surface area contributed by atoms with E-state index >= 15 is 0 Å². The van der Waals surface area contributed by atoms with Crippen LogP contribution in [0.1, 0.15) is 44.6 Å². The molecule has 0 aliphatic carbocycles. The number of pyridine rings is 1. The topological polar surface area (TPSA) is 83.0 Å². The number of aromatic nitrogens is 1. The van der Waals surface area contributed by atoms with E-state index in [9.17, 15) is 14.7 Å². The van der Waals surface area contributed by atoms with Gasteiger partial charge in [0.1, 0.15) is 5.75 Å². The zero-order valence-corrected chi connectivity index (χ0v) is 19.1. The van der Waals surface area contributed by atoms with Crippen molar-refractivity contribution in [2.45, 2.75) is 45.1 Å². The quantitative estimate of drug-likeness (QED) is 0.606. The third kappa shape index (κ3) is 5.27. The summed E-state index contributed by atoms with van der Waals surface area (Å²) in [4.78, 5) is 33.6. The molecule has 1 aliphatic rings. The Kier molecular flexibility index (Phi) is 8.22. The first kappa shape index (κ1) is 23.7. The maximum absolute atomic E-state index is 13.4. The molecule has 0 saturated carbocycles. The molecular weight excluding hydrogens is 406 g/mol. The number of carboxylic acid groups (broad SMARTS) is 1. The smallest absolute Gasteiger partial charge is 0.308 e. The van der Waals surface area contributed by atoms with Crippen LogP contribution in [0.5, 0.6) is 5.75 Å². The molecule has 7 heteroatoms. The van der Waals surface area contributed by atoms with Gasteiger partial charge in [0.05, 0.1) is 31.5 Å². The van der Waals surface area contributed by atoms with E-state index in [1.54, 1.807) is 24.4 Å². The van der Waals surface area contributed by atoms with E-state index in [1.165, 1.54) is 0 Å². The number of nitrogens with zero attached hydrogens (tertiary/aromatic N) is 3. The number of carboxylic acids is 1. The number of aliphatic carboxylic acids is 1. The summed E-state index contributed by atoms with van der Waals surface area (Å²) in [6.45, 7) is 5.42. The standard InChI is InChI=1S/C25H33N3O4/c1-4-6-14-28(19-8-7-13-26-15-19)23(29)17-27-16-21(24(25(30)31)22(27)5-2)18-9-11-20(32-3)12-10-18/h7-13,15,21-22,24H,4-6,14,16-17H2,1-3H3,(H,30,31). The van der Waals surface area contributed by atoms with Crippen LogP contribution >= 0.6 is 0 Å². The number of amides is 1. The van der Waals surface area contributed by atoms with Crippen LogP contribution in [0.25, 0.3) is 0 Å². The summed E-state index contributed by atoms with van der Waals surface area (Å²) in [5.74, 6) is -0.852. The minimum atomic E-state index is -0.817. The summed E-state index contributed by atoms with van der Waals surface area (Å²) in [7, 11) is 1.61. The summed E-state index contributed by atoms with van der Waals surface area (Å²) in [5, 5.41) is 10.0. The van der Waals surface area contributed by atoms with Gasteiger partial charge in [-0.2, -0.15) is 0 Å². The van der Waals surface area contributed by atoms with Gasteiger partial charge >= 0.3 is 5.97 Å². The Morgan fingerprint density at radius 1 is 1.22 bits per heavy atom. The molecule has 2 heterocycles. The van der Waals surface area contributed by atoms with Gasteiger partial charge in [0.25, 0.3) is 0 Å². The van der Waals surface area contributed by atoms with Crippen LogP contribution < -0.4 is 9.64 Å². The highest BCUT2D eigenvalue weighted by Gasteiger charge is 2.46. The highest BCUT2D eigenvalue weighted by atomic mass is 16.5. The van der Waals surface area contributed by atoms with E-state index < -0.39 is 11.9 Å². The van der Waals surface area contributed by atoms with Gasteiger partial charge in [-0.05, 0) is 42.7 Å². The molecule has 1 saturated heterocycles. The average Bonchev–Trinajstić information content (AvgIpc) is 3.18. The van der Waals surface area contributed by atoms with Crippen molar-refractivity contribution in [1.29, 1.82) is 0 Å². The number of hydrogen-bond donors (Lipinski definition) is 1. The lowest BCUT2D eigenvalue weighted by atomic mass is 9.84. The Morgan fingerprint density at radius 3 is 2.53 bits per heavy atom. The number of rotatable bonds is 10. The fourth-order valence-corrected chi connectivity index (χ4v) is 4.68. The normalized spacial score (nSPS) is 20.8. The molecule has 3 unspecified atom stereocenters. The van der Waals surface area contributed by atoms with Crippen LogP contribution in [0.4, 0.5) is 5.69 Å². The van der Waals surface area contributed by atoms with Crippen LogP contribution in [0, 0.1) is 5.92 Å². The van der Waals surface area contributed by atoms with Crippen LogP contribution in [-0.2, 0) is 9.59 Å². The summed E-state index contributed by atoms with van der Waals surface area (Å²) in [5.41, 5.74) is 1.74. The van der Waals surface area contributed by atoms with Crippen molar-refractivity contribution in [3.05, 3.63) is 54.4 Å². The fraction of sp³-hybridized carbons (Fsp3) is 0.480. The van der Waals surface area contributed by atoms with Gasteiger partial charge in [-0.25, -0.2) is 0 Å². The predicted molar refractivity (Wildman–Crippen MR) is 124 cm³/mol. The molecule has 3 rings (SSSR count). The van der Waals surface area contributed by atoms with Crippen molar-refractivity contribution in [2.75, 3.05) is 31.6 Å². The number of likely N-dealkylation sites (tertiary alicyclic amines) is 1. The number of unbranched alkanes of at least 4 members (excludes halogenated alkanes) is 1. The van der Waals surface area contributed by atoms with Gasteiger partial charge in [0.15, 0.2) is 0 Å². The van der Waals surface area contributed by atoms with Crippen molar-refractivity contribution in [3.63, 3.8) is 0 Å². The second-order valence-corrected chi connectivity index (χ2v) is 8.26. The van der Waals surface area contributed by atoms with E-state index in [0.717, 1.165) is 29.8 Å². The van der Waals surface area contributed by atoms with Gasteiger partial charge in [-0.15, -0.1) is 0 Å². The maximum Gasteiger partial charge on any atom is 0.308 e. The van der Waals surface area contributed by atoms with Crippen LogP contribution in [0.3, 0.4) is 0 Å². The third-order valence-corrected chi connectivity index (χ3v) is 6.33. The van der Waals surface area contributed by atoms with Gasteiger partial charge in [-0.3, -0.25) is 19.5 Å². The molecule has 1 aliphatic heterocycles. The zero-order valence-electron chi connectivity index (χ0n) is 19.1. The minimum absolute atomic E-state index is 0.0237. The van der Waals surface area contributed by atoms with Crippen molar-refractivity contribution in [3.8, 4) is 5.75 Å². The summed E-state index contributed by atoms with van der Waals surface area (Å²) in [6, 6.07) is 11.1. The Labute approximate surface area is 190 Å². The first-order chi connectivity index (χ1) is 15.5. The van der Waals surface area contributed by atoms with E-state index in [0.29, 0.717) is 19.5 Å². The summed E-state index contributed by atoms with van der Waals surface area (Å²) < 4.78 is 5.24. The summed E-state index contributed by atoms with van der Waals surface area (Å²) in [6.07, 6.45) is 5.93. The molecular formula is C25H33N3O4. The molecule has 7 nitrogen and oxygen atoms in total. The second kappa shape index (κ2) is 11.1. The number of hydrogen-bond acceptors (Lipinski definition) is 5. The monoisotopic (exact) mass is 439 g/mol. The second-order valence-electron chi connectivity index (χ2n) is 8.26. The Morgan fingerprint density at radius 2 is 1.97 bits per heavy atom. The highest BCUT2D eigenvalue weighted by Crippen LogP contribution is 2.39. The number of benzene rings is 1. The molecule has 2 aromatic rings. The molecule has 0 bridgehead atoms. The van der Waals surface area contributed by atoms with Crippen LogP contribution in [0.2, 0.25) is 0 Å². The molecule has 3 atom stereocenters. The number of ether oxygens (including phenoxy) is 1. The van der Waals surface area contributed by atoms with Gasteiger partial charge in [0.2, 0.25) is 5.91 Å². The molecule has 172 valence electrons. The van der Waals surface area contributed by atoms with Gasteiger partial charge in [0, 0.05) is 31.2 Å². The average molecular weight is 440 g/mol. The molecule has 0 radical (unpaired) electrons. The SMILES string of the molecule is CCCCN(C(=O)CN1CC(c2ccc(OC)cc2)C(C(=O)O)C1CC)c1cccnc1. The first-order valence-electron chi connectivity index (χ1n) is 11.3. The van der Waals surface area contributed by atoms with Gasteiger partial charge < -0.3 is 14.7 Å². The fourth-order valence-electron chi connectivity index (χ4n) is 4.68. The molecule has 32 heavy (non-hydrogen) atoms. The van der Waals surface area contributed by atoms with Crippen LogP contribution in [0.15, 0.2) is 48.8 Å². The largest absolute Gasteiger partial charge is 0.497 e. The van der Waals surface area contributed by atoms with E-state index in [2.05, 4.69) is 11.9 Å². The van der Waals surface area contributed by atoms with Crippen molar-refractivity contribution >= 4 is 17.6 Å². The molecule has 1 fully saturated rings. The third-order valence-electron chi connectivity index (χ3n) is 6.33. The van der Waals surface area contributed by atoms with E-state index in [1.807, 2.05) is 48.2 Å². The lowest BCUT2D eigenvalue weighted by Gasteiger charge is -2.29. The Bertz CT molecular complexity index is 888. The van der Waals surface area contributed by atoms with Crippen molar-refractivity contribution in [2.24, 2.45) is 5.92 Å². The van der Waals surface area contributed by atoms with Gasteiger partial charge in [-0.1, -0.05) is 32.4 Å².